The molecule has 0 radical (unpaired) electrons. The summed E-state index contributed by atoms with van der Waals surface area (Å²) >= 11 is 0. The molecule has 110 valence electrons. The number of benzene rings is 1. The van der Waals surface area contributed by atoms with Crippen LogP contribution < -0.4 is 10.2 Å². The van der Waals surface area contributed by atoms with Gasteiger partial charge in [0, 0.05) is 37.9 Å². The number of nitrogens with zero attached hydrogens (tertiary/aromatic N) is 2. The molecule has 1 heterocycles. The first-order valence-corrected chi connectivity index (χ1v) is 7.36. The van der Waals surface area contributed by atoms with Gasteiger partial charge in [-0.15, -0.1) is 0 Å². The van der Waals surface area contributed by atoms with Crippen molar-refractivity contribution in [3.05, 3.63) is 59.5 Å². The van der Waals surface area contributed by atoms with Crippen LogP contribution in [0.1, 0.15) is 24.0 Å². The lowest BCUT2D eigenvalue weighted by Crippen LogP contribution is -2.21. The van der Waals surface area contributed by atoms with Gasteiger partial charge in [0.2, 0.25) is 0 Å². The molecule has 0 spiro atoms. The van der Waals surface area contributed by atoms with E-state index in [9.17, 15) is 4.39 Å². The molecule has 3 nitrogen and oxygen atoms in total. The van der Waals surface area contributed by atoms with Gasteiger partial charge in [0.05, 0.1) is 0 Å². The Morgan fingerprint density at radius 3 is 2.71 bits per heavy atom. The summed E-state index contributed by atoms with van der Waals surface area (Å²) in [5.41, 5.74) is 1.83. The van der Waals surface area contributed by atoms with Gasteiger partial charge in [-0.25, -0.2) is 9.37 Å². The van der Waals surface area contributed by atoms with E-state index in [1.807, 2.05) is 42.3 Å². The van der Waals surface area contributed by atoms with E-state index < -0.39 is 0 Å². The minimum Gasteiger partial charge on any atom is -0.353 e. The second-order valence-corrected chi connectivity index (χ2v) is 5.60. The fraction of sp³-hybridized carbons (Fsp3) is 0.353. The molecular formula is C17H20FN3. The molecule has 0 saturated heterocycles. The van der Waals surface area contributed by atoms with Crippen LogP contribution in [0.4, 0.5) is 10.2 Å². The van der Waals surface area contributed by atoms with Crippen LogP contribution in [0.25, 0.3) is 0 Å². The average Bonchev–Trinajstić information content (AvgIpc) is 3.31. The summed E-state index contributed by atoms with van der Waals surface area (Å²) in [6.45, 7) is 1.22. The highest BCUT2D eigenvalue weighted by atomic mass is 19.1. The van der Waals surface area contributed by atoms with Crippen LogP contribution in [-0.4, -0.2) is 18.1 Å². The van der Waals surface area contributed by atoms with Crippen molar-refractivity contribution >= 4 is 5.82 Å². The zero-order chi connectivity index (χ0) is 14.7. The van der Waals surface area contributed by atoms with E-state index in [-0.39, 0.29) is 5.82 Å². The molecule has 0 amide bonds. The molecule has 3 rings (SSSR count). The average molecular weight is 285 g/mol. The van der Waals surface area contributed by atoms with Gasteiger partial charge in [0.15, 0.2) is 11.6 Å². The summed E-state index contributed by atoms with van der Waals surface area (Å²) in [6, 6.07) is 12.4. The topological polar surface area (TPSA) is 28.2 Å². The van der Waals surface area contributed by atoms with Crippen LogP contribution in [0.15, 0.2) is 42.6 Å². The second-order valence-electron chi connectivity index (χ2n) is 5.60. The van der Waals surface area contributed by atoms with Crippen molar-refractivity contribution in [2.75, 3.05) is 11.9 Å². The van der Waals surface area contributed by atoms with E-state index in [1.165, 1.54) is 12.8 Å². The van der Waals surface area contributed by atoms with E-state index in [0.717, 1.165) is 5.56 Å². The summed E-state index contributed by atoms with van der Waals surface area (Å²) in [5, 5.41) is 3.34. The predicted octanol–water partition coefficient (Wildman–Crippen LogP) is 3.11. The highest BCUT2D eigenvalue weighted by Crippen LogP contribution is 2.23. The highest BCUT2D eigenvalue weighted by Gasteiger charge is 2.21. The summed E-state index contributed by atoms with van der Waals surface area (Å²) in [4.78, 5) is 6.05. The van der Waals surface area contributed by atoms with Crippen molar-refractivity contribution in [1.82, 2.24) is 10.3 Å². The Morgan fingerprint density at radius 2 is 2.00 bits per heavy atom. The third-order valence-corrected chi connectivity index (χ3v) is 3.73. The molecule has 1 aromatic heterocycles. The first kappa shape index (κ1) is 14.0. The van der Waals surface area contributed by atoms with Gasteiger partial charge in [0.25, 0.3) is 0 Å². The molecule has 0 bridgehead atoms. The van der Waals surface area contributed by atoms with Gasteiger partial charge in [-0.1, -0.05) is 30.3 Å². The first-order valence-electron chi connectivity index (χ1n) is 7.36. The fourth-order valence-electron chi connectivity index (χ4n) is 2.35. The lowest BCUT2D eigenvalue weighted by atomic mass is 10.2. The Morgan fingerprint density at radius 1 is 1.24 bits per heavy atom. The van der Waals surface area contributed by atoms with Gasteiger partial charge in [-0.05, 0) is 24.5 Å². The van der Waals surface area contributed by atoms with Crippen molar-refractivity contribution in [2.45, 2.75) is 32.0 Å². The molecule has 1 aliphatic carbocycles. The Kier molecular flexibility index (Phi) is 4.15. The maximum absolute atomic E-state index is 14.6. The minimum atomic E-state index is -0.218. The maximum Gasteiger partial charge on any atom is 0.170 e. The standard InChI is InChI=1S/C17H20FN3/c1-21(12-13-5-3-2-4-6-13)17-16(18)14(9-10-19-17)11-20-15-7-8-15/h2-6,9-10,15,20H,7-8,11-12H2,1H3. The minimum absolute atomic E-state index is 0.218. The van der Waals surface area contributed by atoms with Crippen molar-refractivity contribution in [3.63, 3.8) is 0 Å². The number of hydrogen-bond acceptors (Lipinski definition) is 3. The van der Waals surface area contributed by atoms with Crippen LogP contribution in [0.5, 0.6) is 0 Å². The Bertz CT molecular complexity index is 596. The molecular weight excluding hydrogens is 265 g/mol. The lowest BCUT2D eigenvalue weighted by Gasteiger charge is -2.20. The number of anilines is 1. The third kappa shape index (κ3) is 3.58. The third-order valence-electron chi connectivity index (χ3n) is 3.73. The largest absolute Gasteiger partial charge is 0.353 e. The number of hydrogen-bond donors (Lipinski definition) is 1. The van der Waals surface area contributed by atoms with Crippen molar-refractivity contribution < 1.29 is 4.39 Å². The SMILES string of the molecule is CN(Cc1ccccc1)c1nccc(CNC2CC2)c1F. The number of halogens is 1. The van der Waals surface area contributed by atoms with Crippen LogP contribution in [0, 0.1) is 5.82 Å². The first-order chi connectivity index (χ1) is 10.2. The Balaban J connectivity index is 1.72. The number of aromatic nitrogens is 1. The normalized spacial score (nSPS) is 14.2. The molecule has 2 aromatic rings. The monoisotopic (exact) mass is 285 g/mol. The summed E-state index contributed by atoms with van der Waals surface area (Å²) in [6.07, 6.45) is 4.09. The summed E-state index contributed by atoms with van der Waals surface area (Å²) in [5.74, 6) is 0.193. The number of pyridine rings is 1. The molecule has 0 unspecified atom stereocenters. The zero-order valence-corrected chi connectivity index (χ0v) is 12.2. The van der Waals surface area contributed by atoms with Crippen molar-refractivity contribution in [1.29, 1.82) is 0 Å². The van der Waals surface area contributed by atoms with Crippen LogP contribution in [0.3, 0.4) is 0 Å². The molecule has 0 aliphatic heterocycles. The quantitative estimate of drug-likeness (QED) is 0.884. The predicted molar refractivity (Wildman–Crippen MR) is 82.6 cm³/mol. The molecule has 4 heteroatoms. The van der Waals surface area contributed by atoms with E-state index in [2.05, 4.69) is 10.3 Å². The molecule has 1 saturated carbocycles. The van der Waals surface area contributed by atoms with Crippen molar-refractivity contribution in [3.8, 4) is 0 Å². The Hall–Kier alpha value is -1.94. The van der Waals surface area contributed by atoms with Gasteiger partial charge >= 0.3 is 0 Å². The summed E-state index contributed by atoms with van der Waals surface area (Å²) < 4.78 is 14.6. The van der Waals surface area contributed by atoms with Crippen LogP contribution >= 0.6 is 0 Å². The van der Waals surface area contributed by atoms with E-state index >= 15 is 0 Å². The fourth-order valence-corrected chi connectivity index (χ4v) is 2.35. The molecule has 1 fully saturated rings. The molecule has 1 aliphatic rings. The smallest absolute Gasteiger partial charge is 0.170 e. The molecule has 1 N–H and O–H groups in total. The van der Waals surface area contributed by atoms with Crippen LogP contribution in [0.2, 0.25) is 0 Å². The van der Waals surface area contributed by atoms with E-state index in [1.54, 1.807) is 12.3 Å². The Labute approximate surface area is 124 Å². The highest BCUT2D eigenvalue weighted by molar-refractivity contribution is 5.43. The molecule has 21 heavy (non-hydrogen) atoms. The van der Waals surface area contributed by atoms with E-state index in [0.29, 0.717) is 30.5 Å². The molecule has 0 atom stereocenters. The maximum atomic E-state index is 14.6. The molecule has 1 aromatic carbocycles. The number of nitrogens with one attached hydrogen (secondary N) is 1. The van der Waals surface area contributed by atoms with Gasteiger partial charge in [-0.3, -0.25) is 0 Å². The second kappa shape index (κ2) is 6.22. The zero-order valence-electron chi connectivity index (χ0n) is 12.2. The van der Waals surface area contributed by atoms with Gasteiger partial charge in [-0.2, -0.15) is 0 Å². The van der Waals surface area contributed by atoms with Crippen LogP contribution in [-0.2, 0) is 13.1 Å². The number of rotatable bonds is 6. The van der Waals surface area contributed by atoms with E-state index in [4.69, 9.17) is 0 Å². The summed E-state index contributed by atoms with van der Waals surface area (Å²) in [7, 11) is 1.87. The van der Waals surface area contributed by atoms with Gasteiger partial charge < -0.3 is 10.2 Å². The van der Waals surface area contributed by atoms with Gasteiger partial charge in [0.1, 0.15) is 0 Å². The van der Waals surface area contributed by atoms with Crippen molar-refractivity contribution in [2.24, 2.45) is 0 Å². The lowest BCUT2D eigenvalue weighted by molar-refractivity contribution is 0.577.